The topological polar surface area (TPSA) is 9.23 Å². The van der Waals surface area contributed by atoms with Gasteiger partial charge in [0, 0.05) is 0 Å². The van der Waals surface area contributed by atoms with Gasteiger partial charge in [-0.1, -0.05) is 32.8 Å². The van der Waals surface area contributed by atoms with Gasteiger partial charge in [-0.05, 0) is 48.8 Å². The van der Waals surface area contributed by atoms with Crippen LogP contribution in [0.15, 0.2) is 18.2 Å². The number of hydrogen-bond acceptors (Lipinski definition) is 1. The lowest BCUT2D eigenvalue weighted by atomic mass is 9.79. The lowest BCUT2D eigenvalue weighted by Crippen LogP contribution is -2.11. The van der Waals surface area contributed by atoms with E-state index in [1.54, 1.807) is 12.1 Å². The van der Waals surface area contributed by atoms with Gasteiger partial charge >= 0.3 is 0 Å². The van der Waals surface area contributed by atoms with E-state index in [1.807, 2.05) is 13.0 Å². The molecule has 0 spiro atoms. The third-order valence-electron chi connectivity index (χ3n) is 3.90. The zero-order valence-electron chi connectivity index (χ0n) is 11.4. The van der Waals surface area contributed by atoms with Crippen molar-refractivity contribution in [1.29, 1.82) is 0 Å². The van der Waals surface area contributed by atoms with Crippen molar-refractivity contribution in [3.05, 3.63) is 29.6 Å². The van der Waals surface area contributed by atoms with Crippen molar-refractivity contribution in [1.82, 2.24) is 0 Å². The summed E-state index contributed by atoms with van der Waals surface area (Å²) in [5.41, 5.74) is 1.14. The number of hydrogen-bond donors (Lipinski definition) is 0. The molecular weight excluding hydrogens is 227 g/mol. The molecule has 1 aliphatic rings. The van der Waals surface area contributed by atoms with E-state index in [9.17, 15) is 4.39 Å². The second-order valence-corrected chi connectivity index (χ2v) is 5.50. The Bertz CT molecular complexity index is 381. The van der Waals surface area contributed by atoms with Crippen LogP contribution in [0.1, 0.15) is 57.4 Å². The van der Waals surface area contributed by atoms with Crippen molar-refractivity contribution in [3.63, 3.8) is 0 Å². The molecule has 0 unspecified atom stereocenters. The van der Waals surface area contributed by atoms with Gasteiger partial charge in [-0.3, -0.25) is 0 Å². The molecule has 0 N–H and O–H groups in total. The first-order valence-electron chi connectivity index (χ1n) is 7.13. The molecular formula is C16H23FO. The molecule has 0 aromatic heterocycles. The monoisotopic (exact) mass is 250 g/mol. The van der Waals surface area contributed by atoms with Crippen LogP contribution in [0.2, 0.25) is 0 Å². The number of ether oxygens (including phenoxy) is 1. The van der Waals surface area contributed by atoms with Crippen molar-refractivity contribution in [2.24, 2.45) is 5.92 Å². The molecule has 1 aliphatic carbocycles. The summed E-state index contributed by atoms with van der Waals surface area (Å²) >= 11 is 0. The second kappa shape index (κ2) is 6.21. The zero-order valence-corrected chi connectivity index (χ0v) is 11.4. The van der Waals surface area contributed by atoms with Crippen molar-refractivity contribution in [2.45, 2.75) is 51.9 Å². The molecule has 0 atom stereocenters. The van der Waals surface area contributed by atoms with Crippen LogP contribution in [0, 0.1) is 11.7 Å². The van der Waals surface area contributed by atoms with Crippen LogP contribution in [-0.4, -0.2) is 6.61 Å². The third kappa shape index (κ3) is 3.24. The van der Waals surface area contributed by atoms with E-state index in [1.165, 1.54) is 25.7 Å². The fourth-order valence-corrected chi connectivity index (χ4v) is 2.69. The maximum Gasteiger partial charge on any atom is 0.165 e. The predicted octanol–water partition coefficient (Wildman–Crippen LogP) is 4.91. The summed E-state index contributed by atoms with van der Waals surface area (Å²) in [6.07, 6.45) is 5.81. The first-order chi connectivity index (χ1) is 8.70. The Kier molecular flexibility index (Phi) is 4.62. The SMILES string of the molecule is CCCOc1ccc([C@H]2CC[C@H](C)CC2)cc1F. The highest BCUT2D eigenvalue weighted by Gasteiger charge is 2.20. The fraction of sp³-hybridized carbons (Fsp3) is 0.625. The summed E-state index contributed by atoms with van der Waals surface area (Å²) in [6.45, 7) is 4.91. The Morgan fingerprint density at radius 1 is 1.22 bits per heavy atom. The van der Waals surface area contributed by atoms with Crippen LogP contribution in [0.4, 0.5) is 4.39 Å². The zero-order chi connectivity index (χ0) is 13.0. The molecule has 1 fully saturated rings. The summed E-state index contributed by atoms with van der Waals surface area (Å²) in [7, 11) is 0. The summed E-state index contributed by atoms with van der Waals surface area (Å²) in [4.78, 5) is 0. The van der Waals surface area contributed by atoms with Gasteiger partial charge in [0.15, 0.2) is 11.6 Å². The van der Waals surface area contributed by atoms with E-state index < -0.39 is 0 Å². The van der Waals surface area contributed by atoms with E-state index in [4.69, 9.17) is 4.74 Å². The Labute approximate surface area is 109 Å². The van der Waals surface area contributed by atoms with Crippen LogP contribution in [0.5, 0.6) is 5.75 Å². The van der Waals surface area contributed by atoms with E-state index in [2.05, 4.69) is 6.92 Å². The molecule has 0 radical (unpaired) electrons. The van der Waals surface area contributed by atoms with Crippen LogP contribution in [0.3, 0.4) is 0 Å². The van der Waals surface area contributed by atoms with Gasteiger partial charge in [0.05, 0.1) is 6.61 Å². The lowest BCUT2D eigenvalue weighted by Gasteiger charge is -2.26. The molecule has 1 nitrogen and oxygen atoms in total. The molecule has 1 aromatic rings. The quantitative estimate of drug-likeness (QED) is 0.738. The van der Waals surface area contributed by atoms with Gasteiger partial charge in [0.25, 0.3) is 0 Å². The number of rotatable bonds is 4. The summed E-state index contributed by atoms with van der Waals surface area (Å²) in [5.74, 6) is 1.55. The maximum absolute atomic E-state index is 13.9. The molecule has 2 heteroatoms. The second-order valence-electron chi connectivity index (χ2n) is 5.50. The fourth-order valence-electron chi connectivity index (χ4n) is 2.69. The van der Waals surface area contributed by atoms with E-state index in [-0.39, 0.29) is 5.82 Å². The molecule has 0 aliphatic heterocycles. The molecule has 0 amide bonds. The summed E-state index contributed by atoms with van der Waals surface area (Å²) in [6, 6.07) is 5.50. The average Bonchev–Trinajstić information content (AvgIpc) is 2.38. The van der Waals surface area contributed by atoms with Crippen molar-refractivity contribution >= 4 is 0 Å². The Hall–Kier alpha value is -1.05. The largest absolute Gasteiger partial charge is 0.491 e. The first kappa shape index (κ1) is 13.4. The normalized spacial score (nSPS) is 23.9. The minimum atomic E-state index is -0.209. The van der Waals surface area contributed by atoms with Gasteiger partial charge in [0.2, 0.25) is 0 Å². The van der Waals surface area contributed by atoms with Crippen molar-refractivity contribution in [3.8, 4) is 5.75 Å². The van der Waals surface area contributed by atoms with E-state index >= 15 is 0 Å². The minimum Gasteiger partial charge on any atom is -0.491 e. The third-order valence-corrected chi connectivity index (χ3v) is 3.90. The van der Waals surface area contributed by atoms with Crippen molar-refractivity contribution in [2.75, 3.05) is 6.61 Å². The standard InChI is InChI=1S/C16H23FO/c1-3-10-18-16-9-8-14(11-15(16)17)13-6-4-12(2)5-7-13/h8-9,11-13H,3-7,10H2,1-2H3/t12-,13-. The first-order valence-corrected chi connectivity index (χ1v) is 7.13. The van der Waals surface area contributed by atoms with Gasteiger partial charge < -0.3 is 4.74 Å². The van der Waals surface area contributed by atoms with Crippen LogP contribution in [-0.2, 0) is 0 Å². The molecule has 18 heavy (non-hydrogen) atoms. The van der Waals surface area contributed by atoms with Crippen LogP contribution < -0.4 is 4.74 Å². The Morgan fingerprint density at radius 3 is 2.56 bits per heavy atom. The summed E-state index contributed by atoms with van der Waals surface area (Å²) < 4.78 is 19.3. The molecule has 0 heterocycles. The predicted molar refractivity (Wildman–Crippen MR) is 72.6 cm³/mol. The lowest BCUT2D eigenvalue weighted by molar-refractivity contribution is 0.300. The molecule has 100 valence electrons. The van der Waals surface area contributed by atoms with Gasteiger partial charge in [-0.15, -0.1) is 0 Å². The number of benzene rings is 1. The van der Waals surface area contributed by atoms with Gasteiger partial charge in [0.1, 0.15) is 0 Å². The van der Waals surface area contributed by atoms with Crippen LogP contribution >= 0.6 is 0 Å². The van der Waals surface area contributed by atoms with E-state index in [0.717, 1.165) is 17.9 Å². The number of halogens is 1. The maximum atomic E-state index is 13.9. The molecule has 2 rings (SSSR count). The van der Waals surface area contributed by atoms with Gasteiger partial charge in [-0.25, -0.2) is 4.39 Å². The molecule has 1 aromatic carbocycles. The van der Waals surface area contributed by atoms with E-state index in [0.29, 0.717) is 18.3 Å². The van der Waals surface area contributed by atoms with Crippen LogP contribution in [0.25, 0.3) is 0 Å². The summed E-state index contributed by atoms with van der Waals surface area (Å²) in [5, 5.41) is 0. The molecule has 1 saturated carbocycles. The highest BCUT2D eigenvalue weighted by molar-refractivity contribution is 5.31. The highest BCUT2D eigenvalue weighted by atomic mass is 19.1. The average molecular weight is 250 g/mol. The Morgan fingerprint density at radius 2 is 1.94 bits per heavy atom. The smallest absolute Gasteiger partial charge is 0.165 e. The van der Waals surface area contributed by atoms with Crippen molar-refractivity contribution < 1.29 is 9.13 Å². The minimum absolute atomic E-state index is 0.209. The van der Waals surface area contributed by atoms with Gasteiger partial charge in [-0.2, -0.15) is 0 Å². The highest BCUT2D eigenvalue weighted by Crippen LogP contribution is 2.36. The molecule has 0 saturated heterocycles. The Balaban J connectivity index is 2.04. The molecule has 0 bridgehead atoms.